The highest BCUT2D eigenvalue weighted by Gasteiger charge is 2.18. The van der Waals surface area contributed by atoms with E-state index in [4.69, 9.17) is 23.2 Å². The van der Waals surface area contributed by atoms with Gasteiger partial charge in [0.2, 0.25) is 0 Å². The zero-order valence-corrected chi connectivity index (χ0v) is 13.7. The third-order valence-corrected chi connectivity index (χ3v) is 4.74. The Labute approximate surface area is 137 Å². The van der Waals surface area contributed by atoms with Crippen molar-refractivity contribution < 1.29 is 5.11 Å². The molecule has 0 saturated carbocycles. The number of halogens is 2. The first-order valence-corrected chi connectivity index (χ1v) is 8.38. The van der Waals surface area contributed by atoms with Crippen LogP contribution >= 0.6 is 34.9 Å². The molecule has 1 aromatic heterocycles. The second-order valence-electron chi connectivity index (χ2n) is 5.22. The van der Waals surface area contributed by atoms with Gasteiger partial charge < -0.3 is 15.3 Å². The van der Waals surface area contributed by atoms with Crippen molar-refractivity contribution in [3.8, 4) is 0 Å². The first kappa shape index (κ1) is 15.2. The molecule has 1 atom stereocenters. The number of benzene rings is 1. The third kappa shape index (κ3) is 3.40. The number of likely N-dealkylation sites (tertiary alicyclic amines) is 1. The van der Waals surface area contributed by atoms with Crippen molar-refractivity contribution in [3.05, 3.63) is 16.1 Å². The van der Waals surface area contributed by atoms with E-state index in [2.05, 4.69) is 19.0 Å². The number of aliphatic hydroxyl groups is 1. The first-order chi connectivity index (χ1) is 10.1. The van der Waals surface area contributed by atoms with Gasteiger partial charge in [0.1, 0.15) is 11.0 Å². The van der Waals surface area contributed by atoms with Crippen LogP contribution in [0.1, 0.15) is 12.8 Å². The summed E-state index contributed by atoms with van der Waals surface area (Å²) in [6.45, 7) is 3.24. The van der Waals surface area contributed by atoms with Crippen LogP contribution < -0.4 is 5.32 Å². The smallest absolute Gasteiger partial charge is 0.130 e. The van der Waals surface area contributed by atoms with E-state index in [1.165, 1.54) is 12.8 Å². The van der Waals surface area contributed by atoms with Crippen LogP contribution in [-0.4, -0.2) is 51.0 Å². The Morgan fingerprint density at radius 2 is 1.95 bits per heavy atom. The number of aromatic nitrogens is 2. The molecular formula is C13H16Cl2N4OS. The number of nitrogens with one attached hydrogen (secondary N) is 1. The second-order valence-corrected chi connectivity index (χ2v) is 6.56. The molecule has 1 fully saturated rings. The minimum absolute atomic E-state index is 0.421. The number of fused-ring (bicyclic) bond motifs is 1. The van der Waals surface area contributed by atoms with E-state index in [9.17, 15) is 5.11 Å². The van der Waals surface area contributed by atoms with E-state index in [1.54, 1.807) is 6.07 Å². The monoisotopic (exact) mass is 346 g/mol. The predicted octanol–water partition coefficient (Wildman–Crippen LogP) is 2.87. The Morgan fingerprint density at radius 3 is 2.71 bits per heavy atom. The molecule has 0 bridgehead atoms. The summed E-state index contributed by atoms with van der Waals surface area (Å²) in [6, 6.07) is 1.65. The second kappa shape index (κ2) is 6.62. The van der Waals surface area contributed by atoms with Crippen molar-refractivity contribution in [2.75, 3.05) is 31.5 Å². The van der Waals surface area contributed by atoms with E-state index < -0.39 is 6.10 Å². The SMILES string of the molecule is OC(CNc1c(Cl)cc(Cl)c2nsnc12)CN1CCCC1. The van der Waals surface area contributed by atoms with Gasteiger partial charge in [-0.1, -0.05) is 23.2 Å². The van der Waals surface area contributed by atoms with Gasteiger partial charge in [-0.15, -0.1) is 0 Å². The van der Waals surface area contributed by atoms with Crippen molar-refractivity contribution in [1.29, 1.82) is 0 Å². The van der Waals surface area contributed by atoms with Crippen LogP contribution in [0, 0.1) is 0 Å². The molecule has 21 heavy (non-hydrogen) atoms. The lowest BCUT2D eigenvalue weighted by atomic mass is 10.2. The van der Waals surface area contributed by atoms with Crippen molar-refractivity contribution in [2.45, 2.75) is 18.9 Å². The fourth-order valence-corrected chi connectivity index (χ4v) is 3.77. The summed E-state index contributed by atoms with van der Waals surface area (Å²) in [4.78, 5) is 2.27. The summed E-state index contributed by atoms with van der Waals surface area (Å²) in [5, 5.41) is 14.3. The van der Waals surface area contributed by atoms with E-state index >= 15 is 0 Å². The molecule has 1 saturated heterocycles. The summed E-state index contributed by atoms with van der Waals surface area (Å²) >= 11 is 13.4. The molecule has 0 aliphatic carbocycles. The Balaban J connectivity index is 1.68. The molecule has 8 heteroatoms. The number of hydrogen-bond donors (Lipinski definition) is 2. The van der Waals surface area contributed by atoms with Crippen LogP contribution in [0.25, 0.3) is 11.0 Å². The minimum Gasteiger partial charge on any atom is -0.390 e. The molecule has 114 valence electrons. The fraction of sp³-hybridized carbons (Fsp3) is 0.538. The topological polar surface area (TPSA) is 61.3 Å². The van der Waals surface area contributed by atoms with Crippen molar-refractivity contribution in [2.24, 2.45) is 0 Å². The first-order valence-electron chi connectivity index (χ1n) is 6.89. The van der Waals surface area contributed by atoms with E-state index in [0.717, 1.165) is 24.8 Å². The van der Waals surface area contributed by atoms with Crippen LogP contribution in [-0.2, 0) is 0 Å². The molecule has 1 aromatic carbocycles. The van der Waals surface area contributed by atoms with Gasteiger partial charge in [0.05, 0.1) is 33.6 Å². The van der Waals surface area contributed by atoms with Gasteiger partial charge in [-0.25, -0.2) is 0 Å². The number of nitrogens with zero attached hydrogens (tertiary/aromatic N) is 3. The number of aliphatic hydroxyl groups excluding tert-OH is 1. The Morgan fingerprint density at radius 1 is 1.24 bits per heavy atom. The number of rotatable bonds is 5. The quantitative estimate of drug-likeness (QED) is 0.871. The molecule has 1 unspecified atom stereocenters. The molecule has 1 aliphatic heterocycles. The number of hydrogen-bond acceptors (Lipinski definition) is 6. The van der Waals surface area contributed by atoms with Crippen molar-refractivity contribution >= 4 is 51.7 Å². The molecule has 0 amide bonds. The van der Waals surface area contributed by atoms with E-state index in [1.807, 2.05) is 0 Å². The number of anilines is 1. The van der Waals surface area contributed by atoms with Crippen molar-refractivity contribution in [3.63, 3.8) is 0 Å². The van der Waals surface area contributed by atoms with Crippen LogP contribution in [0.5, 0.6) is 0 Å². The van der Waals surface area contributed by atoms with Crippen LogP contribution in [0.3, 0.4) is 0 Å². The highest BCUT2D eigenvalue weighted by Crippen LogP contribution is 2.35. The van der Waals surface area contributed by atoms with E-state index in [0.29, 0.717) is 39.9 Å². The average molecular weight is 347 g/mol. The molecule has 1 aliphatic rings. The molecule has 0 radical (unpaired) electrons. The molecular weight excluding hydrogens is 331 g/mol. The van der Waals surface area contributed by atoms with Crippen LogP contribution in [0.2, 0.25) is 10.0 Å². The molecule has 0 spiro atoms. The van der Waals surface area contributed by atoms with Crippen LogP contribution in [0.15, 0.2) is 6.07 Å². The highest BCUT2D eigenvalue weighted by molar-refractivity contribution is 7.00. The van der Waals surface area contributed by atoms with Gasteiger partial charge in [0.25, 0.3) is 0 Å². The van der Waals surface area contributed by atoms with Gasteiger partial charge in [0.15, 0.2) is 0 Å². The Kier molecular flexibility index (Phi) is 4.81. The summed E-state index contributed by atoms with van der Waals surface area (Å²) in [6.07, 6.45) is 1.99. The van der Waals surface area contributed by atoms with E-state index in [-0.39, 0.29) is 0 Å². The van der Waals surface area contributed by atoms with Gasteiger partial charge in [-0.05, 0) is 32.0 Å². The number of β-amino-alcohol motifs (C(OH)–C–C–N with tert-alkyl or cyclic N) is 1. The maximum absolute atomic E-state index is 10.1. The summed E-state index contributed by atoms with van der Waals surface area (Å²) in [5.74, 6) is 0. The zero-order valence-electron chi connectivity index (χ0n) is 11.4. The molecule has 5 nitrogen and oxygen atoms in total. The lowest BCUT2D eigenvalue weighted by Gasteiger charge is -2.20. The zero-order chi connectivity index (χ0) is 14.8. The molecule has 2 aromatic rings. The normalized spacial score (nSPS) is 17.5. The standard InChI is InChI=1S/C13H16Cl2N4OS/c14-9-5-10(15)12-13(18-21-17-12)11(9)16-6-8(20)7-19-3-1-2-4-19/h5,8,16,20H,1-4,6-7H2. The fourth-order valence-electron chi connectivity index (χ4n) is 2.59. The van der Waals surface area contributed by atoms with Gasteiger partial charge in [0, 0.05) is 13.1 Å². The average Bonchev–Trinajstić information content (AvgIpc) is 3.09. The maximum atomic E-state index is 10.1. The predicted molar refractivity (Wildman–Crippen MR) is 87.6 cm³/mol. The Hall–Kier alpha value is -0.660. The maximum Gasteiger partial charge on any atom is 0.130 e. The summed E-state index contributed by atoms with van der Waals surface area (Å²) < 4.78 is 8.39. The van der Waals surface area contributed by atoms with Gasteiger partial charge in [-0.2, -0.15) is 8.75 Å². The Bertz CT molecular complexity index is 630. The van der Waals surface area contributed by atoms with Gasteiger partial charge >= 0.3 is 0 Å². The minimum atomic E-state index is -0.448. The third-order valence-electron chi connectivity index (χ3n) is 3.63. The largest absolute Gasteiger partial charge is 0.390 e. The van der Waals surface area contributed by atoms with Crippen molar-refractivity contribution in [1.82, 2.24) is 13.6 Å². The summed E-state index contributed by atoms with van der Waals surface area (Å²) in [7, 11) is 0. The molecule has 3 rings (SSSR count). The molecule has 2 heterocycles. The van der Waals surface area contributed by atoms with Gasteiger partial charge in [-0.3, -0.25) is 0 Å². The highest BCUT2D eigenvalue weighted by atomic mass is 35.5. The summed E-state index contributed by atoms with van der Waals surface area (Å²) in [5.41, 5.74) is 1.98. The van der Waals surface area contributed by atoms with Crippen LogP contribution in [0.4, 0.5) is 5.69 Å². The lowest BCUT2D eigenvalue weighted by Crippen LogP contribution is -2.34. The molecule has 2 N–H and O–H groups in total. The lowest BCUT2D eigenvalue weighted by molar-refractivity contribution is 0.135.